The van der Waals surface area contributed by atoms with Gasteiger partial charge in [-0.1, -0.05) is 12.1 Å². The molecule has 0 spiro atoms. The Balaban J connectivity index is 1.63. The van der Waals surface area contributed by atoms with Crippen molar-refractivity contribution in [3.8, 4) is 0 Å². The van der Waals surface area contributed by atoms with Gasteiger partial charge < -0.3 is 14.8 Å². The maximum Gasteiger partial charge on any atom is 0.312 e. The van der Waals surface area contributed by atoms with Crippen LogP contribution in [-0.4, -0.2) is 32.3 Å². The van der Waals surface area contributed by atoms with Gasteiger partial charge in [-0.2, -0.15) is 5.10 Å². The zero-order valence-corrected chi connectivity index (χ0v) is 15.5. The van der Waals surface area contributed by atoms with Gasteiger partial charge in [-0.15, -0.1) is 0 Å². The van der Waals surface area contributed by atoms with E-state index in [2.05, 4.69) is 10.4 Å². The monoisotopic (exact) mass is 384 g/mol. The molecule has 146 valence electrons. The first-order valence-corrected chi connectivity index (χ1v) is 8.64. The lowest BCUT2D eigenvalue weighted by Crippen LogP contribution is -2.28. The Morgan fingerprint density at radius 1 is 1.32 bits per heavy atom. The summed E-state index contributed by atoms with van der Waals surface area (Å²) in [5.41, 5.74) is 2.17. The molecule has 0 aliphatic carbocycles. The van der Waals surface area contributed by atoms with Gasteiger partial charge in [0.2, 0.25) is 0 Å². The van der Waals surface area contributed by atoms with Gasteiger partial charge in [-0.05, 0) is 43.7 Å². The van der Waals surface area contributed by atoms with Crippen molar-refractivity contribution in [3.05, 3.63) is 81.1 Å². The number of aliphatic hydroxyl groups excluding tert-OH is 1. The molecule has 0 aliphatic rings. The molecule has 9 nitrogen and oxygen atoms in total. The number of carbonyl (C=O) groups excluding carboxylic acids is 1. The van der Waals surface area contributed by atoms with Gasteiger partial charge in [0.25, 0.3) is 5.91 Å². The molecule has 2 heterocycles. The molecule has 2 aromatic heterocycles. The smallest absolute Gasteiger partial charge is 0.312 e. The quantitative estimate of drug-likeness (QED) is 0.476. The number of nitro groups is 1. The molecule has 0 radical (unpaired) electrons. The Kier molecular flexibility index (Phi) is 5.55. The molecule has 0 saturated carbocycles. The summed E-state index contributed by atoms with van der Waals surface area (Å²) in [5, 5.41) is 27.9. The molecule has 0 aliphatic heterocycles. The number of nitrogens with zero attached hydrogens (tertiary/aromatic N) is 3. The maximum atomic E-state index is 12.2. The van der Waals surface area contributed by atoms with Crippen LogP contribution >= 0.6 is 0 Å². The number of aryl methyl sites for hydroxylation is 1. The van der Waals surface area contributed by atoms with Gasteiger partial charge in [0, 0.05) is 5.56 Å². The minimum absolute atomic E-state index is 0.0195. The fourth-order valence-corrected chi connectivity index (χ4v) is 2.91. The number of benzene rings is 1. The minimum atomic E-state index is -0.917. The minimum Gasteiger partial charge on any atom is -0.467 e. The number of furan rings is 1. The predicted octanol–water partition coefficient (Wildman–Crippen LogP) is 2.51. The lowest BCUT2D eigenvalue weighted by Gasteiger charge is -2.10. The Morgan fingerprint density at radius 3 is 2.61 bits per heavy atom. The zero-order valence-electron chi connectivity index (χ0n) is 15.5. The standard InChI is InChI=1S/C19H20N4O5/c1-12-18(23(26)27)13(2)22(21-12)11-14-5-7-15(8-6-14)19(25)20-10-16(24)17-4-3-9-28-17/h3-9,16,24H,10-11H2,1-2H3,(H,20,25). The van der Waals surface area contributed by atoms with E-state index in [4.69, 9.17) is 4.42 Å². The molecule has 0 bridgehead atoms. The number of carbonyl (C=O) groups is 1. The second kappa shape index (κ2) is 8.05. The number of aliphatic hydroxyl groups is 1. The number of aromatic nitrogens is 2. The highest BCUT2D eigenvalue weighted by Crippen LogP contribution is 2.22. The predicted molar refractivity (Wildman–Crippen MR) is 99.9 cm³/mol. The fourth-order valence-electron chi connectivity index (χ4n) is 2.91. The van der Waals surface area contributed by atoms with Gasteiger partial charge in [0.1, 0.15) is 23.3 Å². The first-order valence-electron chi connectivity index (χ1n) is 8.64. The van der Waals surface area contributed by atoms with Crippen molar-refractivity contribution in [3.63, 3.8) is 0 Å². The molecule has 9 heteroatoms. The maximum absolute atomic E-state index is 12.2. The fraction of sp³-hybridized carbons (Fsp3) is 0.263. The van der Waals surface area contributed by atoms with E-state index in [0.717, 1.165) is 5.56 Å². The highest BCUT2D eigenvalue weighted by Gasteiger charge is 2.21. The van der Waals surface area contributed by atoms with Crippen molar-refractivity contribution in [1.29, 1.82) is 0 Å². The molecule has 1 amide bonds. The third-order valence-corrected chi connectivity index (χ3v) is 4.40. The number of hydrogen-bond donors (Lipinski definition) is 2. The highest BCUT2D eigenvalue weighted by molar-refractivity contribution is 5.94. The second-order valence-electron chi connectivity index (χ2n) is 6.37. The van der Waals surface area contributed by atoms with Crippen molar-refractivity contribution in [2.45, 2.75) is 26.5 Å². The van der Waals surface area contributed by atoms with Crippen LogP contribution < -0.4 is 5.32 Å². The van der Waals surface area contributed by atoms with Crippen molar-refractivity contribution in [1.82, 2.24) is 15.1 Å². The summed E-state index contributed by atoms with van der Waals surface area (Å²) < 4.78 is 6.66. The summed E-state index contributed by atoms with van der Waals surface area (Å²) in [6.45, 7) is 3.65. The molecule has 1 unspecified atom stereocenters. The Bertz CT molecular complexity index is 977. The number of hydrogen-bond acceptors (Lipinski definition) is 6. The molecular weight excluding hydrogens is 364 g/mol. The average Bonchev–Trinajstić information content (AvgIpc) is 3.29. The number of rotatable bonds is 7. The van der Waals surface area contributed by atoms with Crippen LogP contribution in [0.25, 0.3) is 0 Å². The Hall–Kier alpha value is -3.46. The largest absolute Gasteiger partial charge is 0.467 e. The van der Waals surface area contributed by atoms with E-state index in [1.54, 1.807) is 54.9 Å². The van der Waals surface area contributed by atoms with E-state index in [1.807, 2.05) is 0 Å². The van der Waals surface area contributed by atoms with E-state index in [-0.39, 0.29) is 18.1 Å². The molecule has 1 aromatic carbocycles. The summed E-state index contributed by atoms with van der Waals surface area (Å²) in [6.07, 6.45) is 0.538. The van der Waals surface area contributed by atoms with Gasteiger partial charge >= 0.3 is 5.69 Å². The van der Waals surface area contributed by atoms with Gasteiger partial charge in [0.05, 0.1) is 24.3 Å². The van der Waals surface area contributed by atoms with Crippen molar-refractivity contribution < 1.29 is 19.2 Å². The Labute approximate surface area is 160 Å². The van der Waals surface area contributed by atoms with Crippen LogP contribution in [0.4, 0.5) is 5.69 Å². The van der Waals surface area contributed by atoms with Crippen molar-refractivity contribution in [2.24, 2.45) is 0 Å². The van der Waals surface area contributed by atoms with Gasteiger partial charge in [-0.3, -0.25) is 19.6 Å². The first kappa shape index (κ1) is 19.3. The van der Waals surface area contributed by atoms with Crippen LogP contribution in [0.15, 0.2) is 47.1 Å². The van der Waals surface area contributed by atoms with E-state index in [0.29, 0.717) is 29.3 Å². The van der Waals surface area contributed by atoms with Crippen LogP contribution in [0.1, 0.15) is 39.2 Å². The molecule has 1 atom stereocenters. The first-order chi connectivity index (χ1) is 13.4. The van der Waals surface area contributed by atoms with Gasteiger partial charge in [0.15, 0.2) is 0 Å². The SMILES string of the molecule is Cc1nn(Cc2ccc(C(=O)NCC(O)c3ccco3)cc2)c(C)c1[N+](=O)[O-]. The van der Waals surface area contributed by atoms with E-state index < -0.39 is 11.0 Å². The van der Waals surface area contributed by atoms with Crippen molar-refractivity contribution in [2.75, 3.05) is 6.54 Å². The molecule has 3 aromatic rings. The summed E-state index contributed by atoms with van der Waals surface area (Å²) in [7, 11) is 0. The molecule has 28 heavy (non-hydrogen) atoms. The third-order valence-electron chi connectivity index (χ3n) is 4.40. The average molecular weight is 384 g/mol. The summed E-state index contributed by atoms with van der Waals surface area (Å²) in [4.78, 5) is 22.9. The Morgan fingerprint density at radius 2 is 2.04 bits per heavy atom. The third kappa shape index (κ3) is 4.09. The topological polar surface area (TPSA) is 123 Å². The van der Waals surface area contributed by atoms with Crippen LogP contribution in [0.2, 0.25) is 0 Å². The summed E-state index contributed by atoms with van der Waals surface area (Å²) >= 11 is 0. The van der Waals surface area contributed by atoms with E-state index in [9.17, 15) is 20.0 Å². The summed E-state index contributed by atoms with van der Waals surface area (Å²) in [5.74, 6) is 0.0635. The molecular formula is C19H20N4O5. The van der Waals surface area contributed by atoms with Crippen LogP contribution in [0.5, 0.6) is 0 Å². The second-order valence-corrected chi connectivity index (χ2v) is 6.37. The summed E-state index contributed by atoms with van der Waals surface area (Å²) in [6, 6.07) is 10.1. The molecule has 3 rings (SSSR count). The van der Waals surface area contributed by atoms with E-state index >= 15 is 0 Å². The van der Waals surface area contributed by atoms with Crippen LogP contribution in [0.3, 0.4) is 0 Å². The van der Waals surface area contributed by atoms with Gasteiger partial charge in [-0.25, -0.2) is 0 Å². The van der Waals surface area contributed by atoms with E-state index in [1.165, 1.54) is 6.26 Å². The van der Waals surface area contributed by atoms with Crippen molar-refractivity contribution >= 4 is 11.6 Å². The molecule has 0 fully saturated rings. The molecule has 2 N–H and O–H groups in total. The number of amides is 1. The lowest BCUT2D eigenvalue weighted by molar-refractivity contribution is -0.386. The van der Waals surface area contributed by atoms with Crippen LogP contribution in [0, 0.1) is 24.0 Å². The number of nitrogens with one attached hydrogen (secondary N) is 1. The highest BCUT2D eigenvalue weighted by atomic mass is 16.6. The van der Waals surface area contributed by atoms with Crippen LogP contribution in [-0.2, 0) is 6.54 Å². The normalized spacial score (nSPS) is 12.0. The molecule has 0 saturated heterocycles. The lowest BCUT2D eigenvalue weighted by atomic mass is 10.1. The zero-order chi connectivity index (χ0) is 20.3.